The predicted octanol–water partition coefficient (Wildman–Crippen LogP) is 2.60. The third-order valence-corrected chi connectivity index (χ3v) is 5.10. The van der Waals surface area contributed by atoms with Gasteiger partial charge in [-0.25, -0.2) is 9.79 Å². The van der Waals surface area contributed by atoms with Gasteiger partial charge < -0.3 is 15.0 Å². The van der Waals surface area contributed by atoms with E-state index in [4.69, 9.17) is 4.74 Å². The number of allylic oxidation sites excluding steroid dienone is 4. The maximum Gasteiger partial charge on any atom is 0.349 e. The number of rotatable bonds is 8. The van der Waals surface area contributed by atoms with Crippen molar-refractivity contribution >= 4 is 23.5 Å². The van der Waals surface area contributed by atoms with Crippen LogP contribution in [0.5, 0.6) is 5.75 Å². The number of carbonyl (C=O) groups excluding carboxylic acids is 2. The van der Waals surface area contributed by atoms with E-state index in [1.807, 2.05) is 49.1 Å². The predicted molar refractivity (Wildman–Crippen MR) is 121 cm³/mol. The van der Waals surface area contributed by atoms with Crippen molar-refractivity contribution in [2.45, 2.75) is 20.4 Å². The summed E-state index contributed by atoms with van der Waals surface area (Å²) in [7, 11) is 1.64. The van der Waals surface area contributed by atoms with Crippen molar-refractivity contribution in [3.8, 4) is 5.75 Å². The summed E-state index contributed by atoms with van der Waals surface area (Å²) in [4.78, 5) is 34.5. The molecule has 162 valence electrons. The highest BCUT2D eigenvalue weighted by atomic mass is 16.5. The van der Waals surface area contributed by atoms with Crippen molar-refractivity contribution in [1.29, 1.82) is 0 Å². The minimum absolute atomic E-state index is 0.161. The van der Waals surface area contributed by atoms with Crippen LogP contribution >= 0.6 is 0 Å². The lowest BCUT2D eigenvalue weighted by Gasteiger charge is -2.32. The molecule has 0 spiro atoms. The zero-order valence-electron chi connectivity index (χ0n) is 18.1. The Hall–Kier alpha value is -3.52. The van der Waals surface area contributed by atoms with Gasteiger partial charge >= 0.3 is 6.03 Å². The van der Waals surface area contributed by atoms with Crippen LogP contribution in [0, 0.1) is 0 Å². The van der Waals surface area contributed by atoms with Crippen LogP contribution in [0.1, 0.15) is 19.4 Å². The van der Waals surface area contributed by atoms with Gasteiger partial charge in [-0.1, -0.05) is 24.8 Å². The first-order valence-corrected chi connectivity index (χ1v) is 10.0. The van der Waals surface area contributed by atoms with Crippen LogP contribution < -0.4 is 15.4 Å². The van der Waals surface area contributed by atoms with Crippen LogP contribution in [0.3, 0.4) is 0 Å². The number of urea groups is 1. The van der Waals surface area contributed by atoms with E-state index < -0.39 is 11.9 Å². The number of hydrogen-bond acceptors (Lipinski definition) is 6. The number of nitrogens with one attached hydrogen (secondary N) is 2. The number of amides is 3. The Bertz CT molecular complexity index is 1020. The average molecular weight is 422 g/mol. The number of methoxy groups -OCH3 is 1. The lowest BCUT2D eigenvalue weighted by atomic mass is 10.1. The molecule has 2 aliphatic rings. The standard InChI is InChI=1S/C23H27N5O3/c1-5-15(2)16(3)11-18-14-28(21-20(25-18)22(29)27-23(30)26-21)10-9-24-13-17-7-6-8-19(12-17)31-4/h5-8,11-12,24H,1,9-10,13-14H2,2-4H3,(H,27,29,30)/b16-15-,18-11+. The molecule has 0 aromatic heterocycles. The molecule has 0 atom stereocenters. The van der Waals surface area contributed by atoms with E-state index in [1.165, 1.54) is 0 Å². The molecule has 3 rings (SSSR count). The summed E-state index contributed by atoms with van der Waals surface area (Å²) in [6, 6.07) is 7.18. The molecule has 0 radical (unpaired) electrons. The van der Waals surface area contributed by atoms with E-state index in [-0.39, 0.29) is 5.71 Å². The van der Waals surface area contributed by atoms with Gasteiger partial charge in [0.05, 0.1) is 19.4 Å². The Morgan fingerprint density at radius 2 is 2.10 bits per heavy atom. The highest BCUT2D eigenvalue weighted by molar-refractivity contribution is 6.69. The largest absolute Gasteiger partial charge is 0.497 e. The second-order valence-electron chi connectivity index (χ2n) is 7.31. The molecule has 0 bridgehead atoms. The van der Waals surface area contributed by atoms with E-state index in [0.29, 0.717) is 32.0 Å². The molecule has 0 aliphatic carbocycles. The summed E-state index contributed by atoms with van der Waals surface area (Å²) >= 11 is 0. The summed E-state index contributed by atoms with van der Waals surface area (Å²) in [5, 5.41) is 5.58. The first kappa shape index (κ1) is 22.2. The van der Waals surface area contributed by atoms with Gasteiger partial charge in [0.2, 0.25) is 0 Å². The Balaban J connectivity index is 1.74. The summed E-state index contributed by atoms with van der Waals surface area (Å²) in [6.07, 6.45) is 3.71. The van der Waals surface area contributed by atoms with Gasteiger partial charge in [-0.2, -0.15) is 4.99 Å². The topological polar surface area (TPSA) is 95.4 Å². The highest BCUT2D eigenvalue weighted by Gasteiger charge is 2.33. The number of carbonyl (C=O) groups is 2. The molecule has 2 aliphatic heterocycles. The smallest absolute Gasteiger partial charge is 0.349 e. The second kappa shape index (κ2) is 9.99. The Kier molecular flexibility index (Phi) is 7.15. The van der Waals surface area contributed by atoms with Gasteiger partial charge in [0, 0.05) is 19.6 Å². The second-order valence-corrected chi connectivity index (χ2v) is 7.31. The van der Waals surface area contributed by atoms with E-state index >= 15 is 0 Å². The number of fused-ring (bicyclic) bond motifs is 1. The molecular weight excluding hydrogens is 394 g/mol. The van der Waals surface area contributed by atoms with Gasteiger partial charge in [0.25, 0.3) is 5.91 Å². The SMILES string of the molecule is C=C/C(C)=C(C)\C=C1/CN(CCNCc2cccc(OC)c2)C2=NC(=O)NC(=O)C2=N1. The third kappa shape index (κ3) is 5.55. The van der Waals surface area contributed by atoms with Crippen molar-refractivity contribution < 1.29 is 14.3 Å². The molecule has 8 heteroatoms. The van der Waals surface area contributed by atoms with Crippen LogP contribution in [-0.4, -0.2) is 55.1 Å². The van der Waals surface area contributed by atoms with Gasteiger partial charge in [-0.3, -0.25) is 10.1 Å². The normalized spacial score (nSPS) is 18.0. The van der Waals surface area contributed by atoms with Gasteiger partial charge in [-0.05, 0) is 48.8 Å². The first-order valence-electron chi connectivity index (χ1n) is 10.0. The molecule has 31 heavy (non-hydrogen) atoms. The summed E-state index contributed by atoms with van der Waals surface area (Å²) in [6.45, 7) is 10.0. The maximum absolute atomic E-state index is 12.3. The number of amidine groups is 1. The average Bonchev–Trinajstić information content (AvgIpc) is 2.76. The highest BCUT2D eigenvalue weighted by Crippen LogP contribution is 2.18. The molecule has 2 N–H and O–H groups in total. The summed E-state index contributed by atoms with van der Waals surface area (Å²) in [5.74, 6) is 0.596. The van der Waals surface area contributed by atoms with E-state index in [1.54, 1.807) is 13.2 Å². The minimum atomic E-state index is -0.667. The number of aliphatic imine (C=N–C) groups is 2. The van der Waals surface area contributed by atoms with Crippen molar-refractivity contribution in [1.82, 2.24) is 15.5 Å². The molecule has 0 saturated carbocycles. The lowest BCUT2D eigenvalue weighted by Crippen LogP contribution is -2.54. The number of hydrogen-bond donors (Lipinski definition) is 2. The molecule has 1 aromatic carbocycles. The zero-order chi connectivity index (χ0) is 22.4. The Labute approximate surface area is 182 Å². The quantitative estimate of drug-likeness (QED) is 0.497. The molecule has 1 aromatic rings. The van der Waals surface area contributed by atoms with Crippen molar-refractivity contribution in [2.24, 2.45) is 9.98 Å². The van der Waals surface area contributed by atoms with Crippen molar-refractivity contribution in [3.63, 3.8) is 0 Å². The zero-order valence-corrected chi connectivity index (χ0v) is 18.1. The van der Waals surface area contributed by atoms with E-state index in [0.717, 1.165) is 28.2 Å². The van der Waals surface area contributed by atoms with Crippen LogP contribution in [0.2, 0.25) is 0 Å². The molecule has 0 saturated heterocycles. The first-order chi connectivity index (χ1) is 14.9. The van der Waals surface area contributed by atoms with Gasteiger partial charge in [-0.15, -0.1) is 0 Å². The molecule has 8 nitrogen and oxygen atoms in total. The van der Waals surface area contributed by atoms with Crippen molar-refractivity contribution in [3.05, 3.63) is 65.4 Å². The van der Waals surface area contributed by atoms with Crippen LogP contribution in [0.4, 0.5) is 4.79 Å². The van der Waals surface area contributed by atoms with Crippen molar-refractivity contribution in [2.75, 3.05) is 26.7 Å². The van der Waals surface area contributed by atoms with Crippen LogP contribution in [0.15, 0.2) is 69.8 Å². The van der Waals surface area contributed by atoms with E-state index in [2.05, 4.69) is 27.2 Å². The number of imide groups is 1. The Morgan fingerprint density at radius 3 is 2.84 bits per heavy atom. The minimum Gasteiger partial charge on any atom is -0.497 e. The van der Waals surface area contributed by atoms with Gasteiger partial charge in [0.1, 0.15) is 5.75 Å². The molecule has 0 unspecified atom stereocenters. The number of ether oxygens (including phenoxy) is 1. The summed E-state index contributed by atoms with van der Waals surface area (Å²) in [5.41, 5.74) is 4.03. The number of benzene rings is 1. The molecule has 3 amide bonds. The molecule has 2 heterocycles. The van der Waals surface area contributed by atoms with Crippen LogP contribution in [0.25, 0.3) is 0 Å². The molecular formula is C23H27N5O3. The summed E-state index contributed by atoms with van der Waals surface area (Å²) < 4.78 is 5.25. The monoisotopic (exact) mass is 421 g/mol. The fourth-order valence-corrected chi connectivity index (χ4v) is 3.22. The maximum atomic E-state index is 12.3. The van der Waals surface area contributed by atoms with Gasteiger partial charge in [0.15, 0.2) is 11.5 Å². The van der Waals surface area contributed by atoms with Crippen LogP contribution in [-0.2, 0) is 11.3 Å². The molecule has 0 fully saturated rings. The Morgan fingerprint density at radius 1 is 1.29 bits per heavy atom. The third-order valence-electron chi connectivity index (χ3n) is 5.10. The lowest BCUT2D eigenvalue weighted by molar-refractivity contribution is -0.113. The van der Waals surface area contributed by atoms with E-state index in [9.17, 15) is 9.59 Å². The fourth-order valence-electron chi connectivity index (χ4n) is 3.22. The number of nitrogens with zero attached hydrogens (tertiary/aromatic N) is 3. The fraction of sp³-hybridized carbons (Fsp3) is 0.304.